The van der Waals surface area contributed by atoms with E-state index < -0.39 is 46.7 Å². The number of carboxylic acid groups (broad SMARTS) is 1. The predicted molar refractivity (Wildman–Crippen MR) is 104 cm³/mol. The Morgan fingerprint density at radius 2 is 1.93 bits per heavy atom. The van der Waals surface area contributed by atoms with E-state index in [1.54, 1.807) is 39.0 Å². The first kappa shape index (κ1) is 19.8. The number of amides is 3. The summed E-state index contributed by atoms with van der Waals surface area (Å²) in [4.78, 5) is 52.3. The molecule has 29 heavy (non-hydrogen) atoms. The van der Waals surface area contributed by atoms with Crippen LogP contribution in [0.5, 0.6) is 0 Å². The van der Waals surface area contributed by atoms with Gasteiger partial charge < -0.3 is 10.4 Å². The van der Waals surface area contributed by atoms with Crippen LogP contribution in [0.4, 0.5) is 5.69 Å². The Balaban J connectivity index is 1.88. The Bertz CT molecular complexity index is 956. The Kier molecular flexibility index (Phi) is 4.29. The third kappa shape index (κ3) is 2.69. The average Bonchev–Trinajstić information content (AvgIpc) is 3.18. The largest absolute Gasteiger partial charge is 0.481 e. The molecule has 154 valence electrons. The first-order valence-corrected chi connectivity index (χ1v) is 9.85. The van der Waals surface area contributed by atoms with Gasteiger partial charge in [0.25, 0.3) is 0 Å². The van der Waals surface area contributed by atoms with Crippen LogP contribution >= 0.6 is 11.6 Å². The van der Waals surface area contributed by atoms with Gasteiger partial charge in [0.1, 0.15) is 5.54 Å². The highest BCUT2D eigenvalue weighted by atomic mass is 35.5. The van der Waals surface area contributed by atoms with Crippen LogP contribution in [0.25, 0.3) is 0 Å². The van der Waals surface area contributed by atoms with Crippen molar-refractivity contribution in [3.8, 4) is 0 Å². The van der Waals surface area contributed by atoms with E-state index in [2.05, 4.69) is 10.6 Å². The first-order valence-electron chi connectivity index (χ1n) is 9.47. The van der Waals surface area contributed by atoms with E-state index in [0.717, 1.165) is 0 Å². The fourth-order valence-corrected chi connectivity index (χ4v) is 5.13. The van der Waals surface area contributed by atoms with Gasteiger partial charge in [-0.25, -0.2) is 0 Å². The lowest BCUT2D eigenvalue weighted by Gasteiger charge is -2.34. The standard InChI is InChI=1S/C20H22ClN3O5/c1-19(2,3)24-16(27)14-12(6-7-13(25)26)23-20(15(14)17(24)28)10-8-9(21)4-5-11(10)22-18(20)29/h4-5,8,12,14-15,23H,6-7H2,1-3H3,(H,22,29)(H,25,26). The van der Waals surface area contributed by atoms with Crippen molar-refractivity contribution in [3.63, 3.8) is 0 Å². The Hall–Kier alpha value is -2.45. The smallest absolute Gasteiger partial charge is 0.303 e. The number of hydrogen-bond acceptors (Lipinski definition) is 5. The highest BCUT2D eigenvalue weighted by Gasteiger charge is 2.71. The summed E-state index contributed by atoms with van der Waals surface area (Å²) in [5.41, 5.74) is -1.18. The third-order valence-corrected chi connectivity index (χ3v) is 6.25. The topological polar surface area (TPSA) is 116 Å². The average molecular weight is 420 g/mol. The van der Waals surface area contributed by atoms with Gasteiger partial charge in [0, 0.05) is 34.3 Å². The number of rotatable bonds is 3. The summed E-state index contributed by atoms with van der Waals surface area (Å²) in [6.45, 7) is 5.28. The maximum absolute atomic E-state index is 13.5. The van der Waals surface area contributed by atoms with Gasteiger partial charge in [-0.15, -0.1) is 0 Å². The molecule has 3 aliphatic rings. The van der Waals surface area contributed by atoms with Gasteiger partial charge in [-0.2, -0.15) is 0 Å². The molecule has 0 radical (unpaired) electrons. The number of benzene rings is 1. The molecule has 4 atom stereocenters. The monoisotopic (exact) mass is 419 g/mol. The van der Waals surface area contributed by atoms with E-state index in [9.17, 15) is 19.2 Å². The van der Waals surface area contributed by atoms with Crippen molar-refractivity contribution >= 4 is 41.0 Å². The SMILES string of the molecule is CC(C)(C)N1C(=O)C2C(CCC(=O)O)NC3(C(=O)Nc4ccc(Cl)cc43)C2C1=O. The zero-order chi connectivity index (χ0) is 21.3. The quantitative estimate of drug-likeness (QED) is 0.642. The van der Waals surface area contributed by atoms with Crippen LogP contribution in [-0.2, 0) is 24.7 Å². The van der Waals surface area contributed by atoms with E-state index in [0.29, 0.717) is 16.3 Å². The molecule has 2 fully saturated rings. The second-order valence-corrected chi connectivity index (χ2v) is 9.26. The van der Waals surface area contributed by atoms with Gasteiger partial charge in [0.2, 0.25) is 17.7 Å². The van der Waals surface area contributed by atoms with Crippen LogP contribution in [0, 0.1) is 11.8 Å². The van der Waals surface area contributed by atoms with Gasteiger partial charge in [0.15, 0.2) is 0 Å². The number of carbonyl (C=O) groups excluding carboxylic acids is 3. The van der Waals surface area contributed by atoms with Crippen molar-refractivity contribution in [2.45, 2.75) is 50.7 Å². The number of likely N-dealkylation sites (tertiary alicyclic amines) is 1. The lowest BCUT2D eigenvalue weighted by Crippen LogP contribution is -2.55. The molecule has 1 aromatic carbocycles. The fraction of sp³-hybridized carbons (Fsp3) is 0.500. The van der Waals surface area contributed by atoms with E-state index in [1.165, 1.54) is 4.90 Å². The molecule has 9 heteroatoms. The molecule has 1 aromatic rings. The van der Waals surface area contributed by atoms with E-state index in [-0.39, 0.29) is 18.7 Å². The molecule has 0 saturated carbocycles. The normalized spacial score (nSPS) is 30.7. The van der Waals surface area contributed by atoms with E-state index in [1.807, 2.05) is 0 Å². The summed E-state index contributed by atoms with van der Waals surface area (Å²) >= 11 is 6.17. The number of aliphatic carboxylic acids is 1. The van der Waals surface area contributed by atoms with Crippen molar-refractivity contribution in [1.29, 1.82) is 0 Å². The zero-order valence-electron chi connectivity index (χ0n) is 16.3. The number of halogens is 1. The van der Waals surface area contributed by atoms with Gasteiger partial charge in [-0.05, 0) is 45.4 Å². The van der Waals surface area contributed by atoms with Crippen molar-refractivity contribution in [2.24, 2.45) is 11.8 Å². The molecular formula is C20H22ClN3O5. The number of nitrogens with zero attached hydrogens (tertiary/aromatic N) is 1. The summed E-state index contributed by atoms with van der Waals surface area (Å²) in [6, 6.07) is 4.29. The second-order valence-electron chi connectivity index (χ2n) is 8.82. The van der Waals surface area contributed by atoms with Gasteiger partial charge >= 0.3 is 5.97 Å². The minimum Gasteiger partial charge on any atom is -0.481 e. The lowest BCUT2D eigenvalue weighted by molar-refractivity contribution is -0.148. The number of carbonyl (C=O) groups is 4. The van der Waals surface area contributed by atoms with Crippen LogP contribution < -0.4 is 10.6 Å². The van der Waals surface area contributed by atoms with Gasteiger partial charge in [0.05, 0.1) is 11.8 Å². The third-order valence-electron chi connectivity index (χ3n) is 6.02. The summed E-state index contributed by atoms with van der Waals surface area (Å²) in [5.74, 6) is -4.03. The molecule has 3 N–H and O–H groups in total. The van der Waals surface area contributed by atoms with Crippen molar-refractivity contribution in [1.82, 2.24) is 10.2 Å². The summed E-state index contributed by atoms with van der Waals surface area (Å²) < 4.78 is 0. The molecule has 4 unspecified atom stereocenters. The molecule has 2 saturated heterocycles. The minimum absolute atomic E-state index is 0.123. The summed E-state index contributed by atoms with van der Waals surface area (Å²) in [5, 5.41) is 15.5. The van der Waals surface area contributed by atoms with Gasteiger partial charge in [-0.1, -0.05) is 11.6 Å². The van der Waals surface area contributed by atoms with Crippen LogP contribution in [0.15, 0.2) is 18.2 Å². The molecular weight excluding hydrogens is 398 g/mol. The lowest BCUT2D eigenvalue weighted by atomic mass is 9.76. The van der Waals surface area contributed by atoms with Crippen molar-refractivity contribution in [3.05, 3.63) is 28.8 Å². The number of imide groups is 1. The van der Waals surface area contributed by atoms with Crippen LogP contribution in [0.3, 0.4) is 0 Å². The highest BCUT2D eigenvalue weighted by Crippen LogP contribution is 2.54. The maximum Gasteiger partial charge on any atom is 0.303 e. The van der Waals surface area contributed by atoms with E-state index >= 15 is 0 Å². The highest BCUT2D eigenvalue weighted by molar-refractivity contribution is 6.31. The molecule has 0 aromatic heterocycles. The maximum atomic E-state index is 13.5. The number of nitrogens with one attached hydrogen (secondary N) is 2. The Labute approximate surface area is 172 Å². The molecule has 1 spiro atoms. The fourth-order valence-electron chi connectivity index (χ4n) is 4.96. The van der Waals surface area contributed by atoms with Crippen molar-refractivity contribution in [2.75, 3.05) is 5.32 Å². The van der Waals surface area contributed by atoms with Crippen LogP contribution in [-0.4, -0.2) is 45.3 Å². The van der Waals surface area contributed by atoms with Crippen LogP contribution in [0.1, 0.15) is 39.2 Å². The van der Waals surface area contributed by atoms with Crippen LogP contribution in [0.2, 0.25) is 5.02 Å². The molecule has 0 aliphatic carbocycles. The minimum atomic E-state index is -1.46. The van der Waals surface area contributed by atoms with E-state index in [4.69, 9.17) is 16.7 Å². The summed E-state index contributed by atoms with van der Waals surface area (Å²) in [7, 11) is 0. The number of anilines is 1. The number of fused-ring (bicyclic) bond motifs is 4. The Morgan fingerprint density at radius 3 is 2.55 bits per heavy atom. The van der Waals surface area contributed by atoms with Gasteiger partial charge in [-0.3, -0.25) is 29.4 Å². The summed E-state index contributed by atoms with van der Waals surface area (Å²) in [6.07, 6.45) is -0.0591. The molecule has 3 amide bonds. The zero-order valence-corrected chi connectivity index (χ0v) is 17.0. The van der Waals surface area contributed by atoms with Crippen molar-refractivity contribution < 1.29 is 24.3 Å². The number of hydrogen-bond donors (Lipinski definition) is 3. The molecule has 8 nitrogen and oxygen atoms in total. The molecule has 0 bridgehead atoms. The Morgan fingerprint density at radius 1 is 1.24 bits per heavy atom. The first-order chi connectivity index (χ1) is 13.5. The molecule has 4 rings (SSSR count). The molecule has 3 aliphatic heterocycles. The predicted octanol–water partition coefficient (Wildman–Crippen LogP) is 1.72. The molecule has 3 heterocycles. The second kappa shape index (κ2) is 6.27. The number of carboxylic acids is 1.